The fourth-order valence-corrected chi connectivity index (χ4v) is 3.49. The summed E-state index contributed by atoms with van der Waals surface area (Å²) in [5.74, 6) is -0.668. The molecule has 112 valence electrons. The first-order valence-electron chi connectivity index (χ1n) is 6.73. The molecule has 1 aliphatic heterocycles. The summed E-state index contributed by atoms with van der Waals surface area (Å²) in [5, 5.41) is 0. The fraction of sp³-hybridized carbons (Fsp3) is 0.917. The van der Waals surface area contributed by atoms with E-state index >= 15 is 0 Å². The normalized spacial score (nSPS) is 21.3. The van der Waals surface area contributed by atoms with Crippen molar-refractivity contribution < 1.29 is 22.7 Å². The lowest BCUT2D eigenvalue weighted by atomic mass is 10.0. The average Bonchev–Trinajstić information content (AvgIpc) is 2.39. The van der Waals surface area contributed by atoms with Crippen molar-refractivity contribution in [3.8, 4) is 0 Å². The molecule has 0 bridgehead atoms. The van der Waals surface area contributed by atoms with Crippen LogP contribution in [0, 0.1) is 5.92 Å². The minimum atomic E-state index is -3.34. The molecular weight excluding hydrogens is 270 g/mol. The Morgan fingerprint density at radius 3 is 2.68 bits per heavy atom. The number of esters is 1. The van der Waals surface area contributed by atoms with Crippen molar-refractivity contribution in [2.24, 2.45) is 5.92 Å². The number of ether oxygens (including phenoxy) is 2. The van der Waals surface area contributed by atoms with Gasteiger partial charge in [-0.2, -0.15) is 0 Å². The van der Waals surface area contributed by atoms with Crippen molar-refractivity contribution in [3.05, 3.63) is 0 Å². The molecule has 1 heterocycles. The summed E-state index contributed by atoms with van der Waals surface area (Å²) in [6, 6.07) is 0. The maximum Gasteiger partial charge on any atom is 0.310 e. The van der Waals surface area contributed by atoms with Gasteiger partial charge in [-0.05, 0) is 26.7 Å². The number of nitrogens with zero attached hydrogens (tertiary/aromatic N) is 1. The Balaban J connectivity index is 2.55. The van der Waals surface area contributed by atoms with Gasteiger partial charge >= 0.3 is 5.97 Å². The van der Waals surface area contributed by atoms with Crippen molar-refractivity contribution in [1.82, 2.24) is 4.31 Å². The lowest BCUT2D eigenvalue weighted by molar-refractivity contribution is -0.149. The van der Waals surface area contributed by atoms with Crippen molar-refractivity contribution >= 4 is 16.0 Å². The van der Waals surface area contributed by atoms with Crippen LogP contribution in [0.3, 0.4) is 0 Å². The molecule has 1 saturated heterocycles. The number of sulfonamides is 1. The van der Waals surface area contributed by atoms with E-state index in [-0.39, 0.29) is 30.8 Å². The van der Waals surface area contributed by atoms with E-state index in [9.17, 15) is 13.2 Å². The molecule has 1 atom stereocenters. The van der Waals surface area contributed by atoms with Crippen LogP contribution in [0.15, 0.2) is 0 Å². The van der Waals surface area contributed by atoms with Crippen LogP contribution in [0.1, 0.15) is 26.7 Å². The van der Waals surface area contributed by atoms with Gasteiger partial charge in [-0.3, -0.25) is 4.79 Å². The predicted octanol–water partition coefficient (Wildman–Crippen LogP) is 0.628. The molecule has 1 aliphatic rings. The highest BCUT2D eigenvalue weighted by Gasteiger charge is 2.32. The first kappa shape index (κ1) is 16.4. The van der Waals surface area contributed by atoms with Gasteiger partial charge in [-0.25, -0.2) is 12.7 Å². The fourth-order valence-electron chi connectivity index (χ4n) is 2.09. The topological polar surface area (TPSA) is 72.9 Å². The largest absolute Gasteiger partial charge is 0.466 e. The minimum Gasteiger partial charge on any atom is -0.466 e. The van der Waals surface area contributed by atoms with E-state index in [4.69, 9.17) is 9.47 Å². The summed E-state index contributed by atoms with van der Waals surface area (Å²) in [4.78, 5) is 11.7. The number of hydrogen-bond donors (Lipinski definition) is 0. The van der Waals surface area contributed by atoms with Gasteiger partial charge < -0.3 is 9.47 Å². The van der Waals surface area contributed by atoms with Crippen LogP contribution in [0.5, 0.6) is 0 Å². The van der Waals surface area contributed by atoms with Crippen molar-refractivity contribution in [3.63, 3.8) is 0 Å². The zero-order valence-electron chi connectivity index (χ0n) is 11.6. The Bertz CT molecular complexity index is 382. The van der Waals surface area contributed by atoms with Crippen LogP contribution in [0.4, 0.5) is 0 Å². The Morgan fingerprint density at radius 1 is 1.32 bits per heavy atom. The molecule has 0 aromatic heterocycles. The standard InChI is InChI=1S/C12H23NO5S/c1-3-17-8-9-19(15,16)13-7-5-6-11(10-13)12(14)18-4-2/h11H,3-10H2,1-2H3/t11-/m1/s1. The molecule has 0 amide bonds. The molecule has 7 heteroatoms. The van der Waals surface area contributed by atoms with Gasteiger partial charge in [-0.1, -0.05) is 0 Å². The molecule has 0 N–H and O–H groups in total. The smallest absolute Gasteiger partial charge is 0.310 e. The van der Waals surface area contributed by atoms with Gasteiger partial charge in [0.1, 0.15) is 0 Å². The first-order valence-corrected chi connectivity index (χ1v) is 8.34. The lowest BCUT2D eigenvalue weighted by Crippen LogP contribution is -2.44. The number of rotatable bonds is 7. The summed E-state index contributed by atoms with van der Waals surface area (Å²) >= 11 is 0. The SMILES string of the molecule is CCOCCS(=O)(=O)N1CCC[C@@H](C(=O)OCC)C1. The Morgan fingerprint density at radius 2 is 2.05 bits per heavy atom. The van der Waals surface area contributed by atoms with E-state index < -0.39 is 10.0 Å². The van der Waals surface area contributed by atoms with Gasteiger partial charge in [0, 0.05) is 19.7 Å². The molecule has 6 nitrogen and oxygen atoms in total. The molecule has 19 heavy (non-hydrogen) atoms. The van der Waals surface area contributed by atoms with Crippen LogP contribution in [-0.2, 0) is 24.3 Å². The van der Waals surface area contributed by atoms with Gasteiger partial charge in [-0.15, -0.1) is 0 Å². The number of carbonyl (C=O) groups is 1. The van der Waals surface area contributed by atoms with Gasteiger partial charge in [0.05, 0.1) is 24.9 Å². The molecule has 0 radical (unpaired) electrons. The minimum absolute atomic E-state index is 0.0314. The predicted molar refractivity (Wildman–Crippen MR) is 71.2 cm³/mol. The third-order valence-corrected chi connectivity index (χ3v) is 4.89. The highest BCUT2D eigenvalue weighted by Crippen LogP contribution is 2.20. The third-order valence-electron chi connectivity index (χ3n) is 3.09. The molecule has 0 aliphatic carbocycles. The van der Waals surface area contributed by atoms with Crippen molar-refractivity contribution in [2.45, 2.75) is 26.7 Å². The Labute approximate surface area is 115 Å². The van der Waals surface area contributed by atoms with Crippen LogP contribution in [0.25, 0.3) is 0 Å². The summed E-state index contributed by atoms with van der Waals surface area (Å²) < 4.78 is 35.6. The van der Waals surface area contributed by atoms with E-state index in [1.54, 1.807) is 6.92 Å². The zero-order valence-corrected chi connectivity index (χ0v) is 12.4. The maximum absolute atomic E-state index is 12.1. The molecule has 0 aromatic carbocycles. The molecule has 0 aromatic rings. The van der Waals surface area contributed by atoms with Crippen LogP contribution >= 0.6 is 0 Å². The highest BCUT2D eigenvalue weighted by molar-refractivity contribution is 7.89. The lowest BCUT2D eigenvalue weighted by Gasteiger charge is -2.30. The number of piperidine rings is 1. The summed E-state index contributed by atoms with van der Waals surface area (Å²) in [6.45, 7) is 5.30. The Kier molecular flexibility index (Phi) is 6.74. The monoisotopic (exact) mass is 293 g/mol. The third kappa shape index (κ3) is 5.08. The zero-order chi connectivity index (χ0) is 14.3. The molecular formula is C12H23NO5S. The van der Waals surface area contributed by atoms with Gasteiger partial charge in [0.2, 0.25) is 10.0 Å². The van der Waals surface area contributed by atoms with E-state index in [2.05, 4.69) is 0 Å². The van der Waals surface area contributed by atoms with Crippen molar-refractivity contribution in [1.29, 1.82) is 0 Å². The first-order chi connectivity index (χ1) is 9.01. The average molecular weight is 293 g/mol. The highest BCUT2D eigenvalue weighted by atomic mass is 32.2. The summed E-state index contributed by atoms with van der Waals surface area (Å²) in [5.41, 5.74) is 0. The van der Waals surface area contributed by atoms with E-state index in [0.29, 0.717) is 32.6 Å². The van der Waals surface area contributed by atoms with Crippen molar-refractivity contribution in [2.75, 3.05) is 38.7 Å². The molecule has 0 unspecified atom stereocenters. The van der Waals surface area contributed by atoms with Gasteiger partial charge in [0.25, 0.3) is 0 Å². The second-order valence-electron chi connectivity index (χ2n) is 4.46. The quantitative estimate of drug-likeness (QED) is 0.508. The second-order valence-corrected chi connectivity index (χ2v) is 6.55. The Hall–Kier alpha value is -0.660. The number of hydrogen-bond acceptors (Lipinski definition) is 5. The van der Waals surface area contributed by atoms with Crippen LogP contribution in [-0.4, -0.2) is 57.4 Å². The van der Waals surface area contributed by atoms with Gasteiger partial charge in [0.15, 0.2) is 0 Å². The van der Waals surface area contributed by atoms with Crippen LogP contribution < -0.4 is 0 Å². The number of carbonyl (C=O) groups excluding carboxylic acids is 1. The van der Waals surface area contributed by atoms with E-state index in [0.717, 1.165) is 0 Å². The summed E-state index contributed by atoms with van der Waals surface area (Å²) in [7, 11) is -3.34. The van der Waals surface area contributed by atoms with Crippen LogP contribution in [0.2, 0.25) is 0 Å². The van der Waals surface area contributed by atoms with E-state index in [1.165, 1.54) is 4.31 Å². The molecule has 0 spiro atoms. The summed E-state index contributed by atoms with van der Waals surface area (Å²) in [6.07, 6.45) is 1.38. The molecule has 1 rings (SSSR count). The molecule has 0 saturated carbocycles. The second kappa shape index (κ2) is 7.81. The van der Waals surface area contributed by atoms with E-state index in [1.807, 2.05) is 6.92 Å². The molecule has 1 fully saturated rings. The maximum atomic E-state index is 12.1.